The number of nitrogens with one attached hydrogen (secondary N) is 1. The second kappa shape index (κ2) is 22.0. The molecule has 0 aliphatic carbocycles. The van der Waals surface area contributed by atoms with Gasteiger partial charge in [-0.2, -0.15) is 0 Å². The lowest BCUT2D eigenvalue weighted by Crippen LogP contribution is -2.51. The van der Waals surface area contributed by atoms with Crippen molar-refractivity contribution in [2.24, 2.45) is 5.92 Å². The monoisotopic (exact) mass is 912 g/mol. The van der Waals surface area contributed by atoms with Crippen molar-refractivity contribution in [2.45, 2.75) is 64.5 Å². The topological polar surface area (TPSA) is 130 Å². The molecule has 0 radical (unpaired) electrons. The highest BCUT2D eigenvalue weighted by molar-refractivity contribution is 7.72. The first-order chi connectivity index (χ1) is 28.0. The summed E-state index contributed by atoms with van der Waals surface area (Å²) in [6.07, 6.45) is 1.65. The second-order valence-electron chi connectivity index (χ2n) is 13.2. The number of amides is 2. The number of halogens is 7. The van der Waals surface area contributed by atoms with Gasteiger partial charge in [-0.1, -0.05) is 41.4 Å². The molecule has 3 aromatic carbocycles. The molecule has 324 valence electrons. The van der Waals surface area contributed by atoms with Crippen LogP contribution < -0.4 is 10.1 Å². The molecular formula is C39H45Cl2F5N2O9P2. The van der Waals surface area contributed by atoms with Crippen LogP contribution >= 0.6 is 38.4 Å². The highest BCUT2D eigenvalue weighted by atomic mass is 35.5. The maximum absolute atomic E-state index is 14.3. The van der Waals surface area contributed by atoms with Crippen LogP contribution in [0.1, 0.15) is 56.7 Å². The molecule has 3 unspecified atom stereocenters. The SMILES string of the molecule is CCOP(=O)(OC)C(CC1CCN(C(=O)C(Cc2ccc(OCc3c(Cl)cccc3Cl)cc2)NC(=O)/C=C/c2c(F)c(F)c(F)c(F)c2F)CC1)P(=O)(OCC)OCC. The third kappa shape index (κ3) is 12.2. The van der Waals surface area contributed by atoms with Crippen LogP contribution in [0.25, 0.3) is 6.08 Å². The van der Waals surface area contributed by atoms with Crippen LogP contribution in [0.3, 0.4) is 0 Å². The summed E-state index contributed by atoms with van der Waals surface area (Å²) in [6, 6.07) is 10.3. The fourth-order valence-corrected chi connectivity index (χ4v) is 12.4. The smallest absolute Gasteiger partial charge is 0.345 e. The molecular weight excluding hydrogens is 868 g/mol. The van der Waals surface area contributed by atoms with Gasteiger partial charge in [-0.05, 0) is 81.9 Å². The van der Waals surface area contributed by atoms with E-state index in [4.69, 9.17) is 46.0 Å². The van der Waals surface area contributed by atoms with Crippen molar-refractivity contribution >= 4 is 56.3 Å². The molecule has 1 saturated heterocycles. The van der Waals surface area contributed by atoms with Crippen molar-refractivity contribution in [2.75, 3.05) is 40.0 Å². The Kier molecular flexibility index (Phi) is 18.0. The summed E-state index contributed by atoms with van der Waals surface area (Å²) in [6.45, 7) is 5.24. The zero-order chi connectivity index (χ0) is 43.5. The fraction of sp³-hybridized carbons (Fsp3) is 0.436. The summed E-state index contributed by atoms with van der Waals surface area (Å²) >= 11 is 12.5. The zero-order valence-electron chi connectivity index (χ0n) is 32.7. The van der Waals surface area contributed by atoms with Crippen LogP contribution in [0.15, 0.2) is 48.5 Å². The van der Waals surface area contributed by atoms with Crippen LogP contribution in [0.5, 0.6) is 5.75 Å². The third-order valence-corrected chi connectivity index (χ3v) is 16.1. The summed E-state index contributed by atoms with van der Waals surface area (Å²) in [5, 5.41) is 2.08. The quantitative estimate of drug-likeness (QED) is 0.0387. The van der Waals surface area contributed by atoms with Crippen molar-refractivity contribution in [3.63, 3.8) is 0 Å². The summed E-state index contributed by atoms with van der Waals surface area (Å²) < 4.78 is 125. The number of carbonyl (C=O) groups excluding carboxylic acids is 2. The highest BCUT2D eigenvalue weighted by Gasteiger charge is 2.51. The molecule has 11 nitrogen and oxygen atoms in total. The predicted octanol–water partition coefficient (Wildman–Crippen LogP) is 10.1. The molecule has 3 aromatic rings. The van der Waals surface area contributed by atoms with E-state index >= 15 is 0 Å². The number of rotatable bonds is 20. The predicted molar refractivity (Wildman–Crippen MR) is 213 cm³/mol. The van der Waals surface area contributed by atoms with E-state index in [0.717, 1.165) is 0 Å². The van der Waals surface area contributed by atoms with Gasteiger partial charge in [-0.15, -0.1) is 0 Å². The maximum Gasteiger partial charge on any atom is 0.345 e. The summed E-state index contributed by atoms with van der Waals surface area (Å²) in [4.78, 5) is 28.7. The molecule has 0 saturated carbocycles. The molecule has 1 aliphatic rings. The number of ether oxygens (including phenoxy) is 1. The molecule has 59 heavy (non-hydrogen) atoms. The van der Waals surface area contributed by atoms with Crippen molar-refractivity contribution in [1.82, 2.24) is 10.2 Å². The van der Waals surface area contributed by atoms with Gasteiger partial charge in [-0.3, -0.25) is 18.7 Å². The van der Waals surface area contributed by atoms with Gasteiger partial charge in [0.25, 0.3) is 0 Å². The van der Waals surface area contributed by atoms with E-state index in [1.165, 1.54) is 12.0 Å². The Balaban J connectivity index is 1.55. The molecule has 0 aromatic heterocycles. The highest BCUT2D eigenvalue weighted by Crippen LogP contribution is 2.72. The number of carbonyl (C=O) groups is 2. The van der Waals surface area contributed by atoms with E-state index in [1.807, 2.05) is 0 Å². The van der Waals surface area contributed by atoms with Gasteiger partial charge in [0.1, 0.15) is 18.4 Å². The molecule has 0 bridgehead atoms. The Hall–Kier alpha value is -3.33. The number of hydrogen-bond acceptors (Lipinski definition) is 9. The van der Waals surface area contributed by atoms with Crippen molar-refractivity contribution in [3.05, 3.63) is 104 Å². The van der Waals surface area contributed by atoms with Gasteiger partial charge in [0, 0.05) is 48.3 Å². The Labute approximate surface area is 349 Å². The third-order valence-electron chi connectivity index (χ3n) is 9.45. The molecule has 4 rings (SSSR count). The first-order valence-electron chi connectivity index (χ1n) is 18.6. The average Bonchev–Trinajstić information content (AvgIpc) is 3.21. The molecule has 1 N–H and O–H groups in total. The van der Waals surface area contributed by atoms with Crippen LogP contribution in [-0.2, 0) is 49.8 Å². The van der Waals surface area contributed by atoms with E-state index in [0.29, 0.717) is 51.9 Å². The summed E-state index contributed by atoms with van der Waals surface area (Å²) in [5.74, 6) is -12.4. The van der Waals surface area contributed by atoms with Crippen LogP contribution in [0.4, 0.5) is 22.0 Å². The maximum atomic E-state index is 14.3. The molecule has 0 spiro atoms. The van der Waals surface area contributed by atoms with Crippen LogP contribution in [-0.4, -0.2) is 68.2 Å². The molecule has 1 aliphatic heterocycles. The van der Waals surface area contributed by atoms with Gasteiger partial charge in [0.15, 0.2) is 28.7 Å². The number of piperidine rings is 1. The van der Waals surface area contributed by atoms with E-state index < -0.39 is 73.1 Å². The summed E-state index contributed by atoms with van der Waals surface area (Å²) in [5.41, 5.74) is -0.206. The Morgan fingerprint density at radius 1 is 0.831 bits per heavy atom. The van der Waals surface area contributed by atoms with Crippen LogP contribution in [0.2, 0.25) is 10.0 Å². The van der Waals surface area contributed by atoms with Gasteiger partial charge in [0.05, 0.1) is 25.4 Å². The molecule has 2 amide bonds. The van der Waals surface area contributed by atoms with Crippen molar-refractivity contribution in [3.8, 4) is 5.75 Å². The molecule has 3 atom stereocenters. The number of benzene rings is 3. The molecule has 20 heteroatoms. The van der Waals surface area contributed by atoms with E-state index in [1.54, 1.807) is 63.2 Å². The van der Waals surface area contributed by atoms with Gasteiger partial charge in [0.2, 0.25) is 17.6 Å². The van der Waals surface area contributed by atoms with Gasteiger partial charge < -0.3 is 33.0 Å². The Morgan fingerprint density at radius 3 is 1.88 bits per heavy atom. The number of hydrogen-bond donors (Lipinski definition) is 1. The minimum atomic E-state index is -4.02. The molecule has 1 heterocycles. The van der Waals surface area contributed by atoms with E-state index in [9.17, 15) is 40.7 Å². The first-order valence-corrected chi connectivity index (χ1v) is 22.6. The number of likely N-dealkylation sites (tertiary alicyclic amines) is 1. The van der Waals surface area contributed by atoms with E-state index in [-0.39, 0.29) is 58.3 Å². The first kappa shape index (κ1) is 48.3. The van der Waals surface area contributed by atoms with Gasteiger partial charge in [-0.25, -0.2) is 22.0 Å². The fourth-order valence-electron chi connectivity index (χ4n) is 6.48. The Bertz CT molecular complexity index is 2020. The summed E-state index contributed by atoms with van der Waals surface area (Å²) in [7, 11) is -6.83. The average molecular weight is 914 g/mol. The lowest BCUT2D eigenvalue weighted by Gasteiger charge is -2.37. The number of nitrogens with zero attached hydrogens (tertiary/aromatic N) is 1. The zero-order valence-corrected chi connectivity index (χ0v) is 36.0. The largest absolute Gasteiger partial charge is 0.489 e. The lowest BCUT2D eigenvalue weighted by atomic mass is 9.93. The van der Waals surface area contributed by atoms with Gasteiger partial charge >= 0.3 is 15.2 Å². The van der Waals surface area contributed by atoms with Crippen LogP contribution in [0, 0.1) is 35.0 Å². The van der Waals surface area contributed by atoms with Crippen molar-refractivity contribution in [1.29, 1.82) is 0 Å². The lowest BCUT2D eigenvalue weighted by molar-refractivity contribution is -0.136. The minimum absolute atomic E-state index is 0.00382. The molecule has 1 fully saturated rings. The second-order valence-corrected chi connectivity index (χ2v) is 19.0. The normalized spacial score (nSPS) is 15.9. The van der Waals surface area contributed by atoms with Crippen molar-refractivity contribution < 1.29 is 63.5 Å². The Morgan fingerprint density at radius 2 is 1.36 bits per heavy atom. The van der Waals surface area contributed by atoms with E-state index in [2.05, 4.69) is 5.32 Å². The standard InChI is InChI=1S/C39H45Cl2F5N2O9P2/c1-5-55-58(51,53-4)33(59(52,56-6-2)57-7-3)22-25-17-19-48(20-18-25)39(50)31(47-32(49)16-15-27-34(42)36(44)38(46)37(45)35(27)43)21-24-11-13-26(14-12-24)54-23-28-29(40)9-8-10-30(28)41/h8-16,25,31,33H,5-7,17-23H2,1-4H3,(H,47,49)/b16-15+. The minimum Gasteiger partial charge on any atom is -0.489 e.